The Labute approximate surface area is 166 Å². The number of carbonyl (C=O) groups is 1. The maximum Gasteiger partial charge on any atom is 0.303 e. The third kappa shape index (κ3) is 3.50. The zero-order chi connectivity index (χ0) is 19.6. The van der Waals surface area contributed by atoms with Gasteiger partial charge in [0.25, 0.3) is 0 Å². The SMILES string of the molecule is CC(=O)O[C@@]1(C)CC[C@H]2C[C@@H]1OO[C@]2(/C=C\c1ccccc1)c1ccccc1. The van der Waals surface area contributed by atoms with Crippen molar-refractivity contribution >= 4 is 12.0 Å². The summed E-state index contributed by atoms with van der Waals surface area (Å²) in [5.74, 6) is -0.0503. The summed E-state index contributed by atoms with van der Waals surface area (Å²) in [5, 5.41) is 0. The Morgan fingerprint density at radius 2 is 1.79 bits per heavy atom. The molecule has 4 heteroatoms. The molecule has 0 unspecified atom stereocenters. The maximum absolute atomic E-state index is 11.6. The monoisotopic (exact) mass is 378 g/mol. The van der Waals surface area contributed by atoms with Crippen molar-refractivity contribution in [3.8, 4) is 0 Å². The Hall–Kier alpha value is -2.43. The van der Waals surface area contributed by atoms with Crippen molar-refractivity contribution in [2.24, 2.45) is 5.92 Å². The Kier molecular flexibility index (Phi) is 5.09. The predicted molar refractivity (Wildman–Crippen MR) is 107 cm³/mol. The van der Waals surface area contributed by atoms with Crippen molar-refractivity contribution < 1.29 is 19.3 Å². The zero-order valence-corrected chi connectivity index (χ0v) is 16.3. The number of esters is 1. The van der Waals surface area contributed by atoms with Crippen LogP contribution in [0.4, 0.5) is 0 Å². The van der Waals surface area contributed by atoms with Crippen molar-refractivity contribution in [2.75, 3.05) is 0 Å². The average Bonchev–Trinajstić information content (AvgIpc) is 2.71. The molecule has 146 valence electrons. The number of rotatable bonds is 4. The van der Waals surface area contributed by atoms with Crippen molar-refractivity contribution in [2.45, 2.75) is 50.4 Å². The van der Waals surface area contributed by atoms with Crippen LogP contribution in [0.25, 0.3) is 6.08 Å². The fraction of sp³-hybridized carbons (Fsp3) is 0.375. The summed E-state index contributed by atoms with van der Waals surface area (Å²) in [6.45, 7) is 3.38. The average molecular weight is 378 g/mol. The molecule has 2 aromatic rings. The highest BCUT2D eigenvalue weighted by atomic mass is 17.2. The fourth-order valence-corrected chi connectivity index (χ4v) is 4.46. The molecular formula is C24H26O4. The summed E-state index contributed by atoms with van der Waals surface area (Å²) < 4.78 is 5.61. The number of benzene rings is 2. The minimum absolute atomic E-state index is 0.234. The van der Waals surface area contributed by atoms with E-state index in [4.69, 9.17) is 14.5 Å². The van der Waals surface area contributed by atoms with Crippen molar-refractivity contribution in [1.82, 2.24) is 0 Å². The van der Waals surface area contributed by atoms with Crippen molar-refractivity contribution in [3.05, 3.63) is 77.9 Å². The third-order valence-electron chi connectivity index (χ3n) is 6.00. The highest BCUT2D eigenvalue weighted by Gasteiger charge is 2.55. The molecule has 1 saturated heterocycles. The van der Waals surface area contributed by atoms with Gasteiger partial charge in [-0.05, 0) is 43.4 Å². The molecule has 2 bridgehead atoms. The standard InChI is InChI=1S/C24H26O4/c1-18(25)26-23(2)15-14-21-17-22(23)27-28-24(21,20-11-7-4-8-12-20)16-13-19-9-5-3-6-10-19/h3-13,16,21-22H,14-15,17H2,1-2H3/b16-13-/t21-,22-,23-,24+/m0/s1. The van der Waals surface area contributed by atoms with E-state index in [2.05, 4.69) is 36.4 Å². The molecule has 2 aromatic carbocycles. The van der Waals surface area contributed by atoms with Crippen LogP contribution in [-0.4, -0.2) is 17.7 Å². The summed E-state index contributed by atoms with van der Waals surface area (Å²) in [7, 11) is 0. The van der Waals surface area contributed by atoms with Crippen LogP contribution in [0.5, 0.6) is 0 Å². The maximum atomic E-state index is 11.6. The van der Waals surface area contributed by atoms with Gasteiger partial charge in [0.1, 0.15) is 17.3 Å². The number of hydrogen-bond donors (Lipinski definition) is 0. The van der Waals surface area contributed by atoms with Crippen LogP contribution in [0.15, 0.2) is 66.7 Å². The first kappa shape index (κ1) is 18.9. The van der Waals surface area contributed by atoms with Gasteiger partial charge in [-0.15, -0.1) is 0 Å². The molecule has 1 heterocycles. The molecule has 0 spiro atoms. The molecule has 1 aliphatic heterocycles. The molecule has 1 saturated carbocycles. The van der Waals surface area contributed by atoms with E-state index in [-0.39, 0.29) is 18.0 Å². The lowest BCUT2D eigenvalue weighted by Gasteiger charge is -2.52. The van der Waals surface area contributed by atoms with E-state index >= 15 is 0 Å². The fourth-order valence-electron chi connectivity index (χ4n) is 4.46. The Morgan fingerprint density at radius 1 is 1.11 bits per heavy atom. The number of ether oxygens (including phenoxy) is 1. The van der Waals surface area contributed by atoms with E-state index in [1.54, 1.807) is 0 Å². The van der Waals surface area contributed by atoms with Gasteiger partial charge in [-0.3, -0.25) is 4.79 Å². The summed E-state index contributed by atoms with van der Waals surface area (Å²) in [6, 6.07) is 20.4. The van der Waals surface area contributed by atoms with Crippen LogP contribution in [0.2, 0.25) is 0 Å². The van der Waals surface area contributed by atoms with E-state index in [0.717, 1.165) is 30.4 Å². The largest absolute Gasteiger partial charge is 0.457 e. The topological polar surface area (TPSA) is 44.8 Å². The van der Waals surface area contributed by atoms with Crippen LogP contribution in [0.1, 0.15) is 44.2 Å². The highest BCUT2D eigenvalue weighted by Crippen LogP contribution is 2.51. The molecule has 1 aliphatic carbocycles. The molecule has 0 aromatic heterocycles. The van der Waals surface area contributed by atoms with Gasteiger partial charge in [0, 0.05) is 12.8 Å². The van der Waals surface area contributed by atoms with Gasteiger partial charge in [-0.2, -0.15) is 0 Å². The number of carbonyl (C=O) groups excluding carboxylic acids is 1. The van der Waals surface area contributed by atoms with Gasteiger partial charge in [0.15, 0.2) is 0 Å². The molecule has 0 amide bonds. The van der Waals surface area contributed by atoms with Crippen molar-refractivity contribution in [1.29, 1.82) is 0 Å². The third-order valence-corrected chi connectivity index (χ3v) is 6.00. The quantitative estimate of drug-likeness (QED) is 0.552. The molecular weight excluding hydrogens is 352 g/mol. The lowest BCUT2D eigenvalue weighted by Crippen LogP contribution is -2.57. The normalized spacial score (nSPS) is 32.2. The van der Waals surface area contributed by atoms with E-state index in [9.17, 15) is 4.79 Å². The van der Waals surface area contributed by atoms with Gasteiger partial charge < -0.3 is 4.74 Å². The lowest BCUT2D eigenvalue weighted by atomic mass is 9.67. The second-order valence-corrected chi connectivity index (χ2v) is 7.95. The molecule has 0 radical (unpaired) electrons. The summed E-state index contributed by atoms with van der Waals surface area (Å²) in [4.78, 5) is 23.6. The second-order valence-electron chi connectivity index (χ2n) is 7.95. The Bertz CT molecular complexity index is 847. The minimum Gasteiger partial charge on any atom is -0.457 e. The van der Waals surface area contributed by atoms with Gasteiger partial charge in [0.2, 0.25) is 0 Å². The lowest BCUT2D eigenvalue weighted by molar-refractivity contribution is -0.443. The van der Waals surface area contributed by atoms with Crippen LogP contribution in [0, 0.1) is 5.92 Å². The van der Waals surface area contributed by atoms with E-state index in [1.807, 2.05) is 43.3 Å². The molecule has 4 rings (SSSR count). The molecule has 4 nitrogen and oxygen atoms in total. The first-order chi connectivity index (χ1) is 13.5. The molecule has 0 N–H and O–H groups in total. The van der Waals surface area contributed by atoms with Gasteiger partial charge in [-0.1, -0.05) is 66.7 Å². The minimum atomic E-state index is -0.662. The van der Waals surface area contributed by atoms with Crippen LogP contribution in [-0.2, 0) is 24.9 Å². The molecule has 28 heavy (non-hydrogen) atoms. The molecule has 2 fully saturated rings. The number of hydrogen-bond acceptors (Lipinski definition) is 4. The van der Waals surface area contributed by atoms with E-state index in [0.29, 0.717) is 0 Å². The van der Waals surface area contributed by atoms with Crippen LogP contribution >= 0.6 is 0 Å². The first-order valence-electron chi connectivity index (χ1n) is 9.86. The predicted octanol–water partition coefficient (Wildman–Crippen LogP) is 5.05. The van der Waals surface area contributed by atoms with E-state index < -0.39 is 11.2 Å². The number of fused-ring (bicyclic) bond motifs is 2. The van der Waals surface area contributed by atoms with Gasteiger partial charge in [-0.25, -0.2) is 9.78 Å². The van der Waals surface area contributed by atoms with Crippen molar-refractivity contribution in [3.63, 3.8) is 0 Å². The van der Waals surface area contributed by atoms with Gasteiger partial charge >= 0.3 is 5.97 Å². The summed E-state index contributed by atoms with van der Waals surface area (Å²) >= 11 is 0. The van der Waals surface area contributed by atoms with Gasteiger partial charge in [0.05, 0.1) is 0 Å². The smallest absolute Gasteiger partial charge is 0.303 e. The van der Waals surface area contributed by atoms with E-state index in [1.165, 1.54) is 6.92 Å². The Balaban J connectivity index is 1.67. The summed E-state index contributed by atoms with van der Waals surface area (Å²) in [5.41, 5.74) is 0.880. The zero-order valence-electron chi connectivity index (χ0n) is 16.3. The van der Waals surface area contributed by atoms with Crippen LogP contribution < -0.4 is 0 Å². The summed E-state index contributed by atoms with van der Waals surface area (Å²) in [6.07, 6.45) is 6.36. The second kappa shape index (κ2) is 7.53. The highest BCUT2D eigenvalue weighted by molar-refractivity contribution is 5.66. The first-order valence-corrected chi connectivity index (χ1v) is 9.86. The molecule has 2 aliphatic rings. The molecule has 4 atom stereocenters. The Morgan fingerprint density at radius 3 is 2.46 bits per heavy atom. The van der Waals surface area contributed by atoms with Crippen LogP contribution in [0.3, 0.4) is 0 Å².